The number of carbonyl (C=O) groups excluding carboxylic acids is 1. The Morgan fingerprint density at radius 1 is 1.42 bits per heavy atom. The molecule has 0 saturated heterocycles. The molecule has 2 rings (SSSR count). The third kappa shape index (κ3) is 6.20. The zero-order valence-corrected chi connectivity index (χ0v) is 19.7. The van der Waals surface area contributed by atoms with E-state index in [1.54, 1.807) is 33.9 Å². The summed E-state index contributed by atoms with van der Waals surface area (Å²) in [6.07, 6.45) is -0.478. The number of sulfonamides is 1. The number of nitrogens with zero attached hydrogens (tertiary/aromatic N) is 2. The van der Waals surface area contributed by atoms with Crippen LogP contribution in [-0.2, 0) is 14.8 Å². The summed E-state index contributed by atoms with van der Waals surface area (Å²) < 4.78 is 34.2. The van der Waals surface area contributed by atoms with Gasteiger partial charge >= 0.3 is 0 Å². The van der Waals surface area contributed by atoms with Gasteiger partial charge < -0.3 is 19.8 Å². The van der Waals surface area contributed by atoms with Crippen molar-refractivity contribution in [3.05, 3.63) is 23.8 Å². The molecule has 8 nitrogen and oxygen atoms in total. The molecule has 0 spiro atoms. The molecule has 1 aromatic rings. The van der Waals surface area contributed by atoms with E-state index in [4.69, 9.17) is 4.74 Å². The summed E-state index contributed by atoms with van der Waals surface area (Å²) in [6.45, 7) is 8.15. The molecule has 0 aromatic heterocycles. The largest absolute Gasteiger partial charge is 0.487 e. The Hall–Kier alpha value is -2.12. The normalized spacial score (nSPS) is 22.1. The van der Waals surface area contributed by atoms with E-state index in [2.05, 4.69) is 11.8 Å². The summed E-state index contributed by atoms with van der Waals surface area (Å²) in [5, 5.41) is 19.5. The van der Waals surface area contributed by atoms with Crippen molar-refractivity contribution in [2.75, 3.05) is 26.7 Å². The van der Waals surface area contributed by atoms with Gasteiger partial charge in [0, 0.05) is 38.0 Å². The first-order valence-electron chi connectivity index (χ1n) is 10.2. The van der Waals surface area contributed by atoms with E-state index in [-0.39, 0.29) is 42.2 Å². The zero-order valence-electron chi connectivity index (χ0n) is 18.9. The van der Waals surface area contributed by atoms with Gasteiger partial charge in [-0.1, -0.05) is 18.8 Å². The van der Waals surface area contributed by atoms with E-state index in [9.17, 15) is 23.4 Å². The quantitative estimate of drug-likeness (QED) is 0.662. The van der Waals surface area contributed by atoms with Gasteiger partial charge in [0.25, 0.3) is 0 Å². The molecule has 1 aromatic carbocycles. The van der Waals surface area contributed by atoms with Gasteiger partial charge in [0.2, 0.25) is 15.9 Å². The van der Waals surface area contributed by atoms with Gasteiger partial charge in [-0.15, -0.1) is 0 Å². The maximum atomic E-state index is 13.4. The van der Waals surface area contributed by atoms with Crippen LogP contribution in [0.15, 0.2) is 23.1 Å². The fourth-order valence-corrected chi connectivity index (χ4v) is 4.97. The highest BCUT2D eigenvalue weighted by Crippen LogP contribution is 2.34. The van der Waals surface area contributed by atoms with Gasteiger partial charge in [0.1, 0.15) is 22.4 Å². The highest BCUT2D eigenvalue weighted by Gasteiger charge is 2.38. The van der Waals surface area contributed by atoms with E-state index in [1.807, 2.05) is 6.92 Å². The van der Waals surface area contributed by atoms with Gasteiger partial charge in [-0.2, -0.15) is 4.31 Å². The topological polar surface area (TPSA) is 107 Å². The molecule has 0 unspecified atom stereocenters. The number of ether oxygens (including phenoxy) is 1. The molecule has 3 atom stereocenters. The van der Waals surface area contributed by atoms with Crippen molar-refractivity contribution in [2.24, 2.45) is 5.92 Å². The van der Waals surface area contributed by atoms with Crippen LogP contribution in [0.1, 0.15) is 40.2 Å². The molecule has 2 N–H and O–H groups in total. The highest BCUT2D eigenvalue weighted by molar-refractivity contribution is 7.89. The van der Waals surface area contributed by atoms with Crippen molar-refractivity contribution in [1.29, 1.82) is 0 Å². The van der Waals surface area contributed by atoms with Crippen molar-refractivity contribution in [1.82, 2.24) is 9.21 Å². The molecule has 9 heteroatoms. The average Bonchev–Trinajstić information content (AvgIpc) is 2.67. The molecule has 0 radical (unpaired) electrons. The molecule has 172 valence electrons. The fraction of sp³-hybridized carbons (Fsp3) is 0.591. The van der Waals surface area contributed by atoms with E-state index in [0.29, 0.717) is 5.56 Å². The van der Waals surface area contributed by atoms with Crippen LogP contribution >= 0.6 is 0 Å². The van der Waals surface area contributed by atoms with E-state index < -0.39 is 27.8 Å². The molecule has 0 saturated carbocycles. The molecule has 1 amide bonds. The molecular weight excluding hydrogens is 420 g/mol. The Morgan fingerprint density at radius 2 is 2.06 bits per heavy atom. The van der Waals surface area contributed by atoms with Crippen molar-refractivity contribution in [2.45, 2.75) is 57.3 Å². The van der Waals surface area contributed by atoms with Crippen LogP contribution in [0, 0.1) is 17.8 Å². The SMILES string of the molecule is CC(=O)N(C)C[C@@H]1Oc2cc(C#CC(C)(C)O)ccc2S(=O)(=O)N([C@H](C)CO)C[C@@H]1C. The molecular formula is C22H32N2O6S. The lowest BCUT2D eigenvalue weighted by Gasteiger charge is -2.37. The Bertz CT molecular complexity index is 974. The molecule has 1 heterocycles. The summed E-state index contributed by atoms with van der Waals surface area (Å²) in [7, 11) is -2.28. The number of benzene rings is 1. The predicted octanol–water partition coefficient (Wildman–Crippen LogP) is 1.06. The van der Waals surface area contributed by atoms with Crippen LogP contribution in [0.3, 0.4) is 0 Å². The van der Waals surface area contributed by atoms with Crippen molar-refractivity contribution in [3.8, 4) is 17.6 Å². The number of carbonyl (C=O) groups is 1. The lowest BCUT2D eigenvalue weighted by atomic mass is 10.0. The first-order chi connectivity index (χ1) is 14.3. The molecule has 1 aliphatic rings. The Morgan fingerprint density at radius 3 is 2.61 bits per heavy atom. The summed E-state index contributed by atoms with van der Waals surface area (Å²) >= 11 is 0. The van der Waals surface area contributed by atoms with Gasteiger partial charge in [0.15, 0.2) is 0 Å². The molecule has 31 heavy (non-hydrogen) atoms. The lowest BCUT2D eigenvalue weighted by molar-refractivity contribution is -0.129. The van der Waals surface area contributed by atoms with Crippen molar-refractivity contribution in [3.63, 3.8) is 0 Å². The summed E-state index contributed by atoms with van der Waals surface area (Å²) in [6, 6.07) is 3.89. The van der Waals surface area contributed by atoms with Crippen LogP contribution in [0.5, 0.6) is 5.75 Å². The third-order valence-electron chi connectivity index (χ3n) is 5.17. The molecule has 0 aliphatic carbocycles. The van der Waals surface area contributed by atoms with Crippen LogP contribution in [0.2, 0.25) is 0 Å². The molecule has 0 bridgehead atoms. The smallest absolute Gasteiger partial charge is 0.247 e. The number of fused-ring (bicyclic) bond motifs is 1. The van der Waals surface area contributed by atoms with Crippen LogP contribution < -0.4 is 4.74 Å². The standard InChI is InChI=1S/C22H32N2O6S/c1-15-12-24(16(2)14-25)31(28,29)21-8-7-18(9-10-22(4,5)27)11-19(21)30-20(15)13-23(6)17(3)26/h7-8,11,15-16,20,25,27H,12-14H2,1-6H3/t15-,16+,20-/m0/s1. The van der Waals surface area contributed by atoms with E-state index >= 15 is 0 Å². The lowest BCUT2D eigenvalue weighted by Crippen LogP contribution is -2.50. The zero-order chi connectivity index (χ0) is 23.6. The number of aliphatic hydroxyl groups is 2. The number of hydrogen-bond donors (Lipinski definition) is 2. The summed E-state index contributed by atoms with van der Waals surface area (Å²) in [4.78, 5) is 13.3. The Balaban J connectivity index is 2.62. The molecule has 0 fully saturated rings. The van der Waals surface area contributed by atoms with E-state index in [0.717, 1.165) is 0 Å². The van der Waals surface area contributed by atoms with Gasteiger partial charge in [-0.3, -0.25) is 4.79 Å². The third-order valence-corrected chi connectivity index (χ3v) is 7.19. The molecule has 1 aliphatic heterocycles. The minimum absolute atomic E-state index is 0.0241. The van der Waals surface area contributed by atoms with Gasteiger partial charge in [0.05, 0.1) is 13.2 Å². The van der Waals surface area contributed by atoms with Crippen LogP contribution in [0.25, 0.3) is 0 Å². The fourth-order valence-electron chi connectivity index (χ4n) is 3.14. The monoisotopic (exact) mass is 452 g/mol. The number of likely N-dealkylation sites (N-methyl/N-ethyl adjacent to an activating group) is 1. The van der Waals surface area contributed by atoms with Crippen LogP contribution in [0.4, 0.5) is 0 Å². The second-order valence-corrected chi connectivity index (χ2v) is 10.5. The Labute approximate surface area is 184 Å². The number of rotatable bonds is 4. The van der Waals surface area contributed by atoms with Gasteiger partial charge in [-0.25, -0.2) is 8.42 Å². The first kappa shape index (κ1) is 25.1. The maximum absolute atomic E-state index is 13.4. The Kier molecular flexibility index (Phi) is 7.76. The van der Waals surface area contributed by atoms with Gasteiger partial charge in [-0.05, 0) is 39.0 Å². The van der Waals surface area contributed by atoms with E-state index in [1.165, 1.54) is 28.3 Å². The maximum Gasteiger partial charge on any atom is 0.247 e. The van der Waals surface area contributed by atoms with Crippen molar-refractivity contribution >= 4 is 15.9 Å². The number of hydrogen-bond acceptors (Lipinski definition) is 6. The summed E-state index contributed by atoms with van der Waals surface area (Å²) in [5.74, 6) is 5.28. The summed E-state index contributed by atoms with van der Waals surface area (Å²) in [5.41, 5.74) is -0.712. The second-order valence-electron chi connectivity index (χ2n) is 8.61. The number of aliphatic hydroxyl groups excluding tert-OH is 1. The predicted molar refractivity (Wildman–Crippen MR) is 117 cm³/mol. The number of amides is 1. The minimum atomic E-state index is -3.95. The second kappa shape index (κ2) is 9.57. The highest BCUT2D eigenvalue weighted by atomic mass is 32.2. The first-order valence-corrected chi connectivity index (χ1v) is 11.6. The van der Waals surface area contributed by atoms with Crippen molar-refractivity contribution < 1.29 is 28.2 Å². The van der Waals surface area contributed by atoms with Crippen LogP contribution in [-0.4, -0.2) is 78.2 Å². The minimum Gasteiger partial charge on any atom is -0.487 e. The average molecular weight is 453 g/mol.